The second kappa shape index (κ2) is 5.19. The Balaban J connectivity index is 2.30. The topological polar surface area (TPSA) is 30.7 Å². The van der Waals surface area contributed by atoms with E-state index in [0.717, 1.165) is 16.5 Å². The van der Waals surface area contributed by atoms with E-state index >= 15 is 0 Å². The van der Waals surface area contributed by atoms with Crippen molar-refractivity contribution in [3.63, 3.8) is 0 Å². The summed E-state index contributed by atoms with van der Waals surface area (Å²) in [5, 5.41) is 3.10. The van der Waals surface area contributed by atoms with E-state index in [1.54, 1.807) is 11.3 Å². The Morgan fingerprint density at radius 2 is 2.18 bits per heavy atom. The first-order chi connectivity index (χ1) is 8.13. The molecule has 2 aromatic heterocycles. The molecule has 1 atom stereocenters. The maximum absolute atomic E-state index is 5.78. The fraction of sp³-hybridized carbons (Fsp3) is 0.500. The lowest BCUT2D eigenvalue weighted by molar-refractivity contribution is 0.575. The summed E-state index contributed by atoms with van der Waals surface area (Å²) in [4.78, 5) is 8.93. The van der Waals surface area contributed by atoms with Crippen molar-refractivity contribution >= 4 is 22.9 Å². The molecule has 0 saturated carbocycles. The van der Waals surface area contributed by atoms with Crippen LogP contribution >= 0.6 is 22.9 Å². The Kier molecular flexibility index (Phi) is 3.84. The third-order valence-electron chi connectivity index (χ3n) is 2.70. The molecule has 0 aliphatic rings. The summed E-state index contributed by atoms with van der Waals surface area (Å²) in [6, 6.07) is 0.219. The lowest BCUT2D eigenvalue weighted by atomic mass is 10.2. The van der Waals surface area contributed by atoms with Crippen LogP contribution in [0, 0.1) is 0 Å². The summed E-state index contributed by atoms with van der Waals surface area (Å²) in [7, 11) is 0. The normalized spacial score (nSPS) is 13.2. The van der Waals surface area contributed by atoms with Gasteiger partial charge in [-0.15, -0.1) is 22.9 Å². The summed E-state index contributed by atoms with van der Waals surface area (Å²) in [6.45, 7) is 6.44. The molecule has 0 bridgehead atoms. The van der Waals surface area contributed by atoms with Crippen LogP contribution in [0.4, 0.5) is 0 Å². The second-order valence-electron chi connectivity index (χ2n) is 4.33. The largest absolute Gasteiger partial charge is 0.325 e. The number of hydrogen-bond acceptors (Lipinski definition) is 3. The number of rotatable bonds is 4. The predicted octanol–water partition coefficient (Wildman–Crippen LogP) is 3.81. The van der Waals surface area contributed by atoms with Crippen molar-refractivity contribution in [2.24, 2.45) is 0 Å². The van der Waals surface area contributed by atoms with Crippen molar-refractivity contribution < 1.29 is 0 Å². The first kappa shape index (κ1) is 12.6. The molecular formula is C12H16ClN3S. The van der Waals surface area contributed by atoms with Crippen LogP contribution in [0.1, 0.15) is 49.3 Å². The molecule has 0 aliphatic heterocycles. The lowest BCUT2D eigenvalue weighted by Crippen LogP contribution is -2.10. The first-order valence-electron chi connectivity index (χ1n) is 5.66. The van der Waals surface area contributed by atoms with Crippen molar-refractivity contribution in [2.45, 2.75) is 38.6 Å². The Morgan fingerprint density at radius 3 is 2.76 bits per heavy atom. The van der Waals surface area contributed by atoms with Crippen LogP contribution in [0.15, 0.2) is 17.8 Å². The van der Waals surface area contributed by atoms with Gasteiger partial charge in [-0.2, -0.15) is 0 Å². The van der Waals surface area contributed by atoms with E-state index in [-0.39, 0.29) is 6.04 Å². The predicted molar refractivity (Wildman–Crippen MR) is 71.8 cm³/mol. The van der Waals surface area contributed by atoms with Crippen LogP contribution in [0.3, 0.4) is 0 Å². The Morgan fingerprint density at radius 1 is 1.41 bits per heavy atom. The van der Waals surface area contributed by atoms with Gasteiger partial charge in [0.15, 0.2) is 0 Å². The standard InChI is InChI=1S/C12H16ClN3S/c1-8(2)11-14-4-5-16(11)9(3)12-15-10(6-13)7-17-12/h4-5,7-9H,6H2,1-3H3. The molecule has 1 unspecified atom stereocenters. The van der Waals surface area contributed by atoms with Crippen LogP contribution in [0.25, 0.3) is 0 Å². The monoisotopic (exact) mass is 269 g/mol. The second-order valence-corrected chi connectivity index (χ2v) is 5.49. The molecule has 0 aliphatic carbocycles. The number of halogens is 1. The first-order valence-corrected chi connectivity index (χ1v) is 7.08. The van der Waals surface area contributed by atoms with Crippen LogP contribution in [0.2, 0.25) is 0 Å². The van der Waals surface area contributed by atoms with Gasteiger partial charge >= 0.3 is 0 Å². The van der Waals surface area contributed by atoms with Crippen molar-refractivity contribution in [2.75, 3.05) is 0 Å². The van der Waals surface area contributed by atoms with E-state index < -0.39 is 0 Å². The molecule has 2 aromatic rings. The van der Waals surface area contributed by atoms with Gasteiger partial charge in [-0.05, 0) is 6.92 Å². The van der Waals surface area contributed by atoms with E-state index in [0.29, 0.717) is 11.8 Å². The summed E-state index contributed by atoms with van der Waals surface area (Å²) in [6.07, 6.45) is 3.86. The molecule has 92 valence electrons. The molecule has 0 saturated heterocycles. The average Bonchev–Trinajstić information content (AvgIpc) is 2.97. The minimum absolute atomic E-state index is 0.219. The number of alkyl halides is 1. The molecule has 2 heterocycles. The van der Waals surface area contributed by atoms with Crippen molar-refractivity contribution in [3.8, 4) is 0 Å². The van der Waals surface area contributed by atoms with Gasteiger partial charge in [-0.25, -0.2) is 9.97 Å². The molecule has 0 aromatic carbocycles. The minimum atomic E-state index is 0.219. The molecular weight excluding hydrogens is 254 g/mol. The Bertz CT molecular complexity index is 489. The van der Waals surface area contributed by atoms with Crippen molar-refractivity contribution in [1.29, 1.82) is 0 Å². The van der Waals surface area contributed by atoms with Crippen LogP contribution in [0.5, 0.6) is 0 Å². The Labute approximate surface area is 110 Å². The highest BCUT2D eigenvalue weighted by Crippen LogP contribution is 2.25. The number of hydrogen-bond donors (Lipinski definition) is 0. The van der Waals surface area contributed by atoms with Gasteiger partial charge in [0, 0.05) is 23.7 Å². The molecule has 17 heavy (non-hydrogen) atoms. The highest BCUT2D eigenvalue weighted by molar-refractivity contribution is 7.09. The van der Waals surface area contributed by atoms with E-state index in [2.05, 4.69) is 35.3 Å². The fourth-order valence-electron chi connectivity index (χ4n) is 1.79. The molecule has 3 nitrogen and oxygen atoms in total. The number of imidazole rings is 1. The van der Waals surface area contributed by atoms with Gasteiger partial charge in [-0.1, -0.05) is 13.8 Å². The highest BCUT2D eigenvalue weighted by Gasteiger charge is 2.16. The van der Waals surface area contributed by atoms with E-state index in [1.807, 2.05) is 17.8 Å². The zero-order chi connectivity index (χ0) is 12.4. The van der Waals surface area contributed by atoms with Crippen LogP contribution in [-0.4, -0.2) is 14.5 Å². The van der Waals surface area contributed by atoms with Crippen molar-refractivity contribution in [1.82, 2.24) is 14.5 Å². The quantitative estimate of drug-likeness (QED) is 0.790. The molecule has 2 rings (SSSR count). The Hall–Kier alpha value is -0.870. The maximum atomic E-state index is 5.78. The summed E-state index contributed by atoms with van der Waals surface area (Å²) < 4.78 is 2.18. The lowest BCUT2D eigenvalue weighted by Gasteiger charge is -2.15. The highest BCUT2D eigenvalue weighted by atomic mass is 35.5. The van der Waals surface area contributed by atoms with Gasteiger partial charge in [0.2, 0.25) is 0 Å². The SMILES string of the molecule is CC(C)c1nccn1C(C)c1nc(CCl)cs1. The van der Waals surface area contributed by atoms with Gasteiger partial charge < -0.3 is 4.57 Å². The third kappa shape index (κ3) is 2.53. The minimum Gasteiger partial charge on any atom is -0.325 e. The molecule has 0 N–H and O–H groups in total. The molecule has 0 fully saturated rings. The van der Waals surface area contributed by atoms with Gasteiger partial charge in [-0.3, -0.25) is 0 Å². The van der Waals surface area contributed by atoms with Gasteiger partial charge in [0.25, 0.3) is 0 Å². The van der Waals surface area contributed by atoms with E-state index in [4.69, 9.17) is 11.6 Å². The van der Waals surface area contributed by atoms with E-state index in [9.17, 15) is 0 Å². The molecule has 0 radical (unpaired) electrons. The van der Waals surface area contributed by atoms with Crippen LogP contribution in [-0.2, 0) is 5.88 Å². The van der Waals surface area contributed by atoms with E-state index in [1.165, 1.54) is 0 Å². The summed E-state index contributed by atoms with van der Waals surface area (Å²) >= 11 is 7.43. The summed E-state index contributed by atoms with van der Waals surface area (Å²) in [5.41, 5.74) is 0.949. The maximum Gasteiger partial charge on any atom is 0.116 e. The summed E-state index contributed by atoms with van der Waals surface area (Å²) in [5.74, 6) is 1.99. The zero-order valence-corrected chi connectivity index (χ0v) is 11.8. The smallest absolute Gasteiger partial charge is 0.116 e. The van der Waals surface area contributed by atoms with Crippen molar-refractivity contribution in [3.05, 3.63) is 34.3 Å². The fourth-order valence-corrected chi connectivity index (χ4v) is 2.90. The molecule has 0 spiro atoms. The number of aromatic nitrogens is 3. The van der Waals surface area contributed by atoms with Gasteiger partial charge in [0.1, 0.15) is 10.8 Å². The van der Waals surface area contributed by atoms with Crippen LogP contribution < -0.4 is 0 Å². The zero-order valence-electron chi connectivity index (χ0n) is 10.2. The average molecular weight is 270 g/mol. The number of nitrogens with zero attached hydrogens (tertiary/aromatic N) is 3. The van der Waals surface area contributed by atoms with Gasteiger partial charge in [0.05, 0.1) is 17.6 Å². The molecule has 5 heteroatoms. The molecule has 0 amide bonds. The number of thiazole rings is 1. The third-order valence-corrected chi connectivity index (χ3v) is 4.03.